The van der Waals surface area contributed by atoms with Gasteiger partial charge in [-0.25, -0.2) is 0 Å². The van der Waals surface area contributed by atoms with Crippen molar-refractivity contribution in [1.82, 2.24) is 4.90 Å². The van der Waals surface area contributed by atoms with Gasteiger partial charge in [-0.3, -0.25) is 9.69 Å². The van der Waals surface area contributed by atoms with Gasteiger partial charge in [-0.1, -0.05) is 28.1 Å². The molecule has 1 saturated heterocycles. The van der Waals surface area contributed by atoms with Gasteiger partial charge in [0.05, 0.1) is 20.1 Å². The summed E-state index contributed by atoms with van der Waals surface area (Å²) in [5.41, 5.74) is 1.98. The number of hydrogen-bond donors (Lipinski definition) is 1. The largest absolute Gasteiger partial charge is 0.493 e. The summed E-state index contributed by atoms with van der Waals surface area (Å²) in [6.07, 6.45) is 1.94. The number of benzene rings is 2. The van der Waals surface area contributed by atoms with Gasteiger partial charge in [0, 0.05) is 29.3 Å². The lowest BCUT2D eigenvalue weighted by Crippen LogP contribution is -2.40. The number of hydrogen-bond acceptors (Lipinski definition) is 4. The second-order valence-corrected chi connectivity index (χ2v) is 7.68. The molecule has 1 aliphatic heterocycles. The fourth-order valence-corrected chi connectivity index (χ4v) is 3.91. The molecule has 1 atom stereocenters. The average molecular weight is 433 g/mol. The first-order valence-corrected chi connectivity index (χ1v) is 9.88. The molecule has 0 saturated carbocycles. The fraction of sp³-hybridized carbons (Fsp3) is 0.381. The van der Waals surface area contributed by atoms with Crippen LogP contribution < -0.4 is 14.8 Å². The molecular weight excluding hydrogens is 408 g/mol. The smallest absolute Gasteiger partial charge is 0.228 e. The molecule has 1 aliphatic rings. The molecule has 1 amide bonds. The van der Waals surface area contributed by atoms with E-state index in [0.717, 1.165) is 42.6 Å². The lowest BCUT2D eigenvalue weighted by atomic mass is 9.96. The summed E-state index contributed by atoms with van der Waals surface area (Å²) in [6, 6.07) is 13.8. The third-order valence-corrected chi connectivity index (χ3v) is 5.32. The van der Waals surface area contributed by atoms with E-state index in [0.29, 0.717) is 11.5 Å². The molecule has 0 aliphatic carbocycles. The predicted octanol–water partition coefficient (Wildman–Crippen LogP) is 4.32. The molecule has 5 nitrogen and oxygen atoms in total. The van der Waals surface area contributed by atoms with E-state index in [2.05, 4.69) is 38.3 Å². The molecule has 0 aromatic heterocycles. The van der Waals surface area contributed by atoms with E-state index in [1.165, 1.54) is 5.56 Å². The minimum Gasteiger partial charge on any atom is -0.493 e. The second kappa shape index (κ2) is 9.24. The standard InChI is InChI=1S/C21H25BrN2O3/c1-26-19-9-8-18(12-20(19)27-2)23-21(25)16-6-4-10-24(14-16)13-15-5-3-7-17(22)11-15/h3,5,7-9,11-12,16H,4,6,10,13-14H2,1-2H3,(H,23,25). The zero-order valence-electron chi connectivity index (χ0n) is 15.7. The number of carbonyl (C=O) groups is 1. The van der Waals surface area contributed by atoms with Crippen LogP contribution in [0.5, 0.6) is 11.5 Å². The Morgan fingerprint density at radius 2 is 2.00 bits per heavy atom. The summed E-state index contributed by atoms with van der Waals surface area (Å²) >= 11 is 3.52. The molecule has 1 fully saturated rings. The predicted molar refractivity (Wildman–Crippen MR) is 110 cm³/mol. The molecule has 2 aromatic rings. The molecule has 2 aromatic carbocycles. The van der Waals surface area contributed by atoms with E-state index in [1.54, 1.807) is 26.4 Å². The summed E-state index contributed by atoms with van der Waals surface area (Å²) in [4.78, 5) is 15.1. The van der Waals surface area contributed by atoms with E-state index in [1.807, 2.05) is 18.2 Å². The lowest BCUT2D eigenvalue weighted by Gasteiger charge is -2.32. The van der Waals surface area contributed by atoms with Crippen LogP contribution in [-0.4, -0.2) is 38.1 Å². The van der Waals surface area contributed by atoms with Gasteiger partial charge in [0.25, 0.3) is 0 Å². The number of methoxy groups -OCH3 is 2. The van der Waals surface area contributed by atoms with Crippen molar-refractivity contribution in [2.75, 3.05) is 32.6 Å². The zero-order chi connectivity index (χ0) is 19.2. The van der Waals surface area contributed by atoms with Crippen LogP contribution in [0, 0.1) is 5.92 Å². The van der Waals surface area contributed by atoms with Crippen LogP contribution in [0.3, 0.4) is 0 Å². The Hall–Kier alpha value is -2.05. The number of carbonyl (C=O) groups excluding carboxylic acids is 1. The minimum absolute atomic E-state index is 0.0148. The van der Waals surface area contributed by atoms with E-state index >= 15 is 0 Å². The highest BCUT2D eigenvalue weighted by Gasteiger charge is 2.26. The molecule has 6 heteroatoms. The number of amides is 1. The van der Waals surface area contributed by atoms with E-state index in [4.69, 9.17) is 9.47 Å². The maximum Gasteiger partial charge on any atom is 0.228 e. The zero-order valence-corrected chi connectivity index (χ0v) is 17.3. The Morgan fingerprint density at radius 1 is 1.19 bits per heavy atom. The second-order valence-electron chi connectivity index (χ2n) is 6.76. The van der Waals surface area contributed by atoms with Gasteiger partial charge in [0.15, 0.2) is 11.5 Å². The molecule has 144 valence electrons. The third kappa shape index (κ3) is 5.23. The van der Waals surface area contributed by atoms with Gasteiger partial charge in [-0.2, -0.15) is 0 Å². The van der Waals surface area contributed by atoms with Crippen molar-refractivity contribution >= 4 is 27.5 Å². The minimum atomic E-state index is -0.0148. The molecular formula is C21H25BrN2O3. The van der Waals surface area contributed by atoms with Crippen molar-refractivity contribution in [3.05, 3.63) is 52.5 Å². The number of ether oxygens (including phenoxy) is 2. The molecule has 3 rings (SSSR count). The molecule has 0 spiro atoms. The third-order valence-electron chi connectivity index (χ3n) is 4.82. The number of halogens is 1. The number of piperidine rings is 1. The molecule has 0 bridgehead atoms. The summed E-state index contributed by atoms with van der Waals surface area (Å²) in [5, 5.41) is 3.02. The van der Waals surface area contributed by atoms with Gasteiger partial charge in [0.2, 0.25) is 5.91 Å². The summed E-state index contributed by atoms with van der Waals surface area (Å²) in [7, 11) is 3.18. The Balaban J connectivity index is 1.61. The normalized spacial score (nSPS) is 17.4. The van der Waals surface area contributed by atoms with E-state index in [-0.39, 0.29) is 11.8 Å². The molecule has 0 radical (unpaired) electrons. The summed E-state index contributed by atoms with van der Waals surface area (Å²) in [6.45, 7) is 2.65. The van der Waals surface area contributed by atoms with Crippen LogP contribution in [0.4, 0.5) is 5.69 Å². The van der Waals surface area contributed by atoms with Crippen LogP contribution in [0.15, 0.2) is 46.9 Å². The SMILES string of the molecule is COc1ccc(NC(=O)C2CCCN(Cc3cccc(Br)c3)C2)cc1OC. The van der Waals surface area contributed by atoms with Gasteiger partial charge in [-0.15, -0.1) is 0 Å². The van der Waals surface area contributed by atoms with Crippen molar-refractivity contribution in [1.29, 1.82) is 0 Å². The quantitative estimate of drug-likeness (QED) is 0.738. The summed E-state index contributed by atoms with van der Waals surface area (Å²) < 4.78 is 11.6. The Kier molecular flexibility index (Phi) is 6.74. The number of likely N-dealkylation sites (tertiary alicyclic amines) is 1. The number of rotatable bonds is 6. The lowest BCUT2D eigenvalue weighted by molar-refractivity contribution is -0.121. The highest BCUT2D eigenvalue weighted by atomic mass is 79.9. The first kappa shape index (κ1) is 19.7. The first-order chi connectivity index (χ1) is 13.1. The van der Waals surface area contributed by atoms with Crippen LogP contribution >= 0.6 is 15.9 Å². The van der Waals surface area contributed by atoms with E-state index in [9.17, 15) is 4.79 Å². The maximum absolute atomic E-state index is 12.8. The van der Waals surface area contributed by atoms with Crippen LogP contribution in [0.1, 0.15) is 18.4 Å². The Morgan fingerprint density at radius 3 is 2.74 bits per heavy atom. The number of nitrogens with zero attached hydrogens (tertiary/aromatic N) is 1. The van der Waals surface area contributed by atoms with Crippen LogP contribution in [0.25, 0.3) is 0 Å². The van der Waals surface area contributed by atoms with Crippen molar-refractivity contribution in [3.8, 4) is 11.5 Å². The summed E-state index contributed by atoms with van der Waals surface area (Å²) in [5.74, 6) is 1.30. The van der Waals surface area contributed by atoms with Gasteiger partial charge >= 0.3 is 0 Å². The van der Waals surface area contributed by atoms with Gasteiger partial charge < -0.3 is 14.8 Å². The molecule has 1 N–H and O–H groups in total. The van der Waals surface area contributed by atoms with Crippen molar-refractivity contribution in [3.63, 3.8) is 0 Å². The average Bonchev–Trinajstić information content (AvgIpc) is 2.68. The molecule has 1 unspecified atom stereocenters. The van der Waals surface area contributed by atoms with Gasteiger partial charge in [-0.05, 0) is 49.2 Å². The van der Waals surface area contributed by atoms with Crippen molar-refractivity contribution in [2.24, 2.45) is 5.92 Å². The fourth-order valence-electron chi connectivity index (χ4n) is 3.46. The van der Waals surface area contributed by atoms with Crippen LogP contribution in [0.2, 0.25) is 0 Å². The number of anilines is 1. The molecule has 1 heterocycles. The molecule has 27 heavy (non-hydrogen) atoms. The van der Waals surface area contributed by atoms with Crippen molar-refractivity contribution in [2.45, 2.75) is 19.4 Å². The maximum atomic E-state index is 12.8. The van der Waals surface area contributed by atoms with Crippen LogP contribution in [-0.2, 0) is 11.3 Å². The van der Waals surface area contributed by atoms with Gasteiger partial charge in [0.1, 0.15) is 0 Å². The van der Waals surface area contributed by atoms with Crippen molar-refractivity contribution < 1.29 is 14.3 Å². The highest BCUT2D eigenvalue weighted by Crippen LogP contribution is 2.30. The Bertz CT molecular complexity index is 797. The topological polar surface area (TPSA) is 50.8 Å². The first-order valence-electron chi connectivity index (χ1n) is 9.08. The monoisotopic (exact) mass is 432 g/mol. The highest BCUT2D eigenvalue weighted by molar-refractivity contribution is 9.10. The van der Waals surface area contributed by atoms with E-state index < -0.39 is 0 Å². The Labute approximate surface area is 168 Å². The number of nitrogens with one attached hydrogen (secondary N) is 1.